The molecular weight excluding hydrogens is 196 g/mol. The summed E-state index contributed by atoms with van der Waals surface area (Å²) >= 11 is 3.30. The number of hydrogen-bond acceptors (Lipinski definition) is 2. The van der Waals surface area contributed by atoms with Crippen LogP contribution in [-0.2, 0) is 9.53 Å². The minimum Gasteiger partial charge on any atom is -0.356 e. The van der Waals surface area contributed by atoms with Gasteiger partial charge in [0.1, 0.15) is 0 Å². The number of hydrogen-bond donors (Lipinski definition) is 0. The van der Waals surface area contributed by atoms with Gasteiger partial charge >= 0.3 is 0 Å². The fraction of sp³-hybridized carbons (Fsp3) is 0.857. The lowest BCUT2D eigenvalue weighted by atomic mass is 10.1. The molecule has 0 N–H and O–H groups in total. The first kappa shape index (κ1) is 8.21. The molecule has 0 spiro atoms. The highest BCUT2D eigenvalue weighted by Gasteiger charge is 2.38. The smallest absolute Gasteiger partial charge is 0.180 e. The molecule has 58 valence electrons. The van der Waals surface area contributed by atoms with Gasteiger partial charge in [0.15, 0.2) is 10.3 Å². The molecule has 1 saturated heterocycles. The Labute approximate surface area is 69.1 Å². The van der Waals surface area contributed by atoms with Crippen LogP contribution in [-0.4, -0.2) is 16.9 Å². The van der Waals surface area contributed by atoms with Crippen LogP contribution >= 0.6 is 15.9 Å². The molecule has 10 heavy (non-hydrogen) atoms. The summed E-state index contributed by atoms with van der Waals surface area (Å²) in [5.41, 5.74) is 0. The third kappa shape index (κ3) is 1.40. The van der Waals surface area contributed by atoms with Crippen molar-refractivity contribution in [3.8, 4) is 0 Å². The van der Waals surface area contributed by atoms with Crippen molar-refractivity contribution in [3.05, 3.63) is 0 Å². The maximum Gasteiger partial charge on any atom is 0.180 e. The first-order valence-electron chi connectivity index (χ1n) is 3.55. The molecule has 3 heteroatoms. The Kier molecular flexibility index (Phi) is 2.47. The fourth-order valence-corrected chi connectivity index (χ4v) is 1.81. The van der Waals surface area contributed by atoms with E-state index >= 15 is 0 Å². The molecule has 2 nitrogen and oxygen atoms in total. The van der Waals surface area contributed by atoms with Crippen molar-refractivity contribution in [2.45, 2.75) is 30.7 Å². The minimum atomic E-state index is -0.623. The van der Waals surface area contributed by atoms with Crippen LogP contribution in [0.2, 0.25) is 0 Å². The van der Waals surface area contributed by atoms with Gasteiger partial charge in [-0.15, -0.1) is 0 Å². The van der Waals surface area contributed by atoms with E-state index in [1.54, 1.807) is 0 Å². The normalized spacial score (nSPS) is 32.6. The van der Waals surface area contributed by atoms with E-state index in [4.69, 9.17) is 4.74 Å². The molecule has 0 aromatic rings. The van der Waals surface area contributed by atoms with Crippen LogP contribution in [0.15, 0.2) is 0 Å². The zero-order valence-electron chi connectivity index (χ0n) is 6.02. The van der Waals surface area contributed by atoms with E-state index in [1.165, 1.54) is 0 Å². The Bertz CT molecular complexity index is 139. The molecule has 1 fully saturated rings. The van der Waals surface area contributed by atoms with E-state index in [9.17, 15) is 4.79 Å². The molecule has 1 heterocycles. The number of ether oxygens (including phenoxy) is 1. The van der Waals surface area contributed by atoms with Gasteiger partial charge in [-0.2, -0.15) is 0 Å². The second kappa shape index (κ2) is 3.01. The highest BCUT2D eigenvalue weighted by atomic mass is 79.9. The summed E-state index contributed by atoms with van der Waals surface area (Å²) in [5, 5.41) is 0. The quantitative estimate of drug-likeness (QED) is 0.646. The molecular formula is C7H11BrO2. The maximum absolute atomic E-state index is 11.2. The predicted molar refractivity (Wildman–Crippen MR) is 42.1 cm³/mol. The molecule has 1 rings (SSSR count). The Morgan fingerprint density at radius 2 is 2.50 bits per heavy atom. The SMILES string of the molecule is CCC(=O)[C@@]1(Br)CCCO1. The molecule has 0 bridgehead atoms. The largest absolute Gasteiger partial charge is 0.356 e. The molecule has 0 aliphatic carbocycles. The van der Waals surface area contributed by atoms with Gasteiger partial charge < -0.3 is 4.74 Å². The first-order valence-corrected chi connectivity index (χ1v) is 4.34. The maximum atomic E-state index is 11.2. The third-order valence-electron chi connectivity index (χ3n) is 1.71. The van der Waals surface area contributed by atoms with Gasteiger partial charge in [0.2, 0.25) is 0 Å². The van der Waals surface area contributed by atoms with Crippen LogP contribution in [0, 0.1) is 0 Å². The monoisotopic (exact) mass is 206 g/mol. The van der Waals surface area contributed by atoms with Crippen molar-refractivity contribution in [2.75, 3.05) is 6.61 Å². The third-order valence-corrected chi connectivity index (χ3v) is 2.78. The van der Waals surface area contributed by atoms with Gasteiger partial charge in [-0.3, -0.25) is 4.79 Å². The fourth-order valence-electron chi connectivity index (χ4n) is 1.09. The number of Topliss-reactive ketones (excluding diaryl/α,β-unsaturated/α-hetero) is 1. The lowest BCUT2D eigenvalue weighted by Crippen LogP contribution is -2.29. The summed E-state index contributed by atoms with van der Waals surface area (Å²) in [6, 6.07) is 0. The van der Waals surface area contributed by atoms with Gasteiger partial charge in [-0.25, -0.2) is 0 Å². The molecule has 1 aliphatic heterocycles. The molecule has 0 unspecified atom stereocenters. The number of alkyl halides is 1. The van der Waals surface area contributed by atoms with Crippen molar-refractivity contribution in [2.24, 2.45) is 0 Å². The van der Waals surface area contributed by atoms with Crippen LogP contribution in [0.25, 0.3) is 0 Å². The van der Waals surface area contributed by atoms with Gasteiger partial charge in [0.05, 0.1) is 0 Å². The Balaban J connectivity index is 2.58. The van der Waals surface area contributed by atoms with E-state index in [0.29, 0.717) is 13.0 Å². The summed E-state index contributed by atoms with van der Waals surface area (Å²) in [6.07, 6.45) is 2.35. The lowest BCUT2D eigenvalue weighted by Gasteiger charge is -2.17. The predicted octanol–water partition coefficient (Wildman–Crippen LogP) is 1.87. The molecule has 0 aromatic heterocycles. The van der Waals surface area contributed by atoms with Crippen LogP contribution in [0.3, 0.4) is 0 Å². The zero-order chi connectivity index (χ0) is 7.61. The molecule has 0 amide bonds. The van der Waals surface area contributed by atoms with Crippen molar-refractivity contribution in [1.29, 1.82) is 0 Å². The van der Waals surface area contributed by atoms with Crippen LogP contribution in [0.4, 0.5) is 0 Å². The second-order valence-corrected chi connectivity index (χ2v) is 3.74. The van der Waals surface area contributed by atoms with Gasteiger partial charge in [0, 0.05) is 13.0 Å². The van der Waals surface area contributed by atoms with Crippen molar-refractivity contribution in [3.63, 3.8) is 0 Å². The van der Waals surface area contributed by atoms with Crippen molar-refractivity contribution >= 4 is 21.7 Å². The molecule has 0 saturated carbocycles. The van der Waals surface area contributed by atoms with E-state index in [2.05, 4.69) is 15.9 Å². The molecule has 0 aromatic carbocycles. The van der Waals surface area contributed by atoms with Gasteiger partial charge in [0.25, 0.3) is 0 Å². The number of carbonyl (C=O) groups excluding carboxylic acids is 1. The van der Waals surface area contributed by atoms with Crippen LogP contribution in [0.5, 0.6) is 0 Å². The number of carbonyl (C=O) groups is 1. The van der Waals surface area contributed by atoms with E-state index < -0.39 is 4.51 Å². The van der Waals surface area contributed by atoms with Gasteiger partial charge in [-0.1, -0.05) is 6.92 Å². The second-order valence-electron chi connectivity index (χ2n) is 2.46. The number of rotatable bonds is 2. The number of halogens is 1. The Hall–Kier alpha value is 0.110. The van der Waals surface area contributed by atoms with E-state index in [0.717, 1.165) is 12.8 Å². The summed E-state index contributed by atoms with van der Waals surface area (Å²) in [5.74, 6) is 0.157. The Morgan fingerprint density at radius 1 is 1.80 bits per heavy atom. The summed E-state index contributed by atoms with van der Waals surface area (Å²) in [7, 11) is 0. The molecule has 1 aliphatic rings. The first-order chi connectivity index (χ1) is 4.69. The Morgan fingerprint density at radius 3 is 2.90 bits per heavy atom. The average Bonchev–Trinajstić information content (AvgIpc) is 2.36. The molecule has 0 radical (unpaired) electrons. The number of ketones is 1. The lowest BCUT2D eigenvalue weighted by molar-refractivity contribution is -0.129. The van der Waals surface area contributed by atoms with Crippen LogP contribution < -0.4 is 0 Å². The van der Waals surface area contributed by atoms with Crippen LogP contribution in [0.1, 0.15) is 26.2 Å². The van der Waals surface area contributed by atoms with Crippen molar-refractivity contribution in [1.82, 2.24) is 0 Å². The molecule has 1 atom stereocenters. The topological polar surface area (TPSA) is 26.3 Å². The van der Waals surface area contributed by atoms with E-state index in [-0.39, 0.29) is 5.78 Å². The zero-order valence-corrected chi connectivity index (χ0v) is 7.61. The highest BCUT2D eigenvalue weighted by molar-refractivity contribution is 9.10. The average molecular weight is 207 g/mol. The van der Waals surface area contributed by atoms with Crippen molar-refractivity contribution < 1.29 is 9.53 Å². The highest BCUT2D eigenvalue weighted by Crippen LogP contribution is 2.33. The summed E-state index contributed by atoms with van der Waals surface area (Å²) < 4.78 is 4.64. The standard InChI is InChI=1S/C7H11BrO2/c1-2-6(9)7(8)4-3-5-10-7/h2-5H2,1H3/t7-/m1/s1. The summed E-state index contributed by atoms with van der Waals surface area (Å²) in [6.45, 7) is 2.56. The van der Waals surface area contributed by atoms with Gasteiger partial charge in [-0.05, 0) is 28.8 Å². The van der Waals surface area contributed by atoms with E-state index in [1.807, 2.05) is 6.92 Å². The minimum absolute atomic E-state index is 0.157. The summed E-state index contributed by atoms with van der Waals surface area (Å²) in [4.78, 5) is 11.2.